The van der Waals surface area contributed by atoms with Crippen molar-refractivity contribution in [3.8, 4) is 0 Å². The van der Waals surface area contributed by atoms with Crippen LogP contribution in [0.4, 0.5) is 0 Å². The first-order valence-corrected chi connectivity index (χ1v) is 9.15. The number of nitrogens with one attached hydrogen (secondary N) is 2. The van der Waals surface area contributed by atoms with Gasteiger partial charge in [0.05, 0.1) is 5.60 Å². The van der Waals surface area contributed by atoms with Crippen LogP contribution in [-0.4, -0.2) is 34.2 Å². The zero-order chi connectivity index (χ0) is 14.6. The summed E-state index contributed by atoms with van der Waals surface area (Å²) in [4.78, 5) is 1.03. The lowest BCUT2D eigenvalue weighted by molar-refractivity contribution is -0.0659. The second kappa shape index (κ2) is 6.53. The van der Waals surface area contributed by atoms with Crippen LogP contribution in [0.3, 0.4) is 0 Å². The topological polar surface area (TPSA) is 67.4 Å². The van der Waals surface area contributed by atoms with E-state index in [1.54, 1.807) is 13.2 Å². The molecule has 2 N–H and O–H groups in total. The Hall–Kier alpha value is -0.470. The van der Waals surface area contributed by atoms with Crippen molar-refractivity contribution in [1.82, 2.24) is 10.0 Å². The van der Waals surface area contributed by atoms with Gasteiger partial charge in [-0.05, 0) is 37.9 Å². The van der Waals surface area contributed by atoms with Crippen molar-refractivity contribution in [1.29, 1.82) is 0 Å². The minimum absolute atomic E-state index is 0.295. The highest BCUT2D eigenvalue weighted by Gasteiger charge is 2.38. The fourth-order valence-corrected chi connectivity index (χ4v) is 4.65. The normalized spacial score (nSPS) is 17.9. The highest BCUT2D eigenvalue weighted by atomic mass is 32.2. The van der Waals surface area contributed by atoms with Gasteiger partial charge >= 0.3 is 0 Å². The summed E-state index contributed by atoms with van der Waals surface area (Å²) in [6.45, 7) is 3.95. The molecule has 2 rings (SSSR count). The Labute approximate surface area is 124 Å². The molecule has 0 amide bonds. The maximum absolute atomic E-state index is 12.2. The van der Waals surface area contributed by atoms with Crippen molar-refractivity contribution in [2.75, 3.05) is 20.2 Å². The van der Waals surface area contributed by atoms with E-state index in [1.807, 2.05) is 13.0 Å². The smallest absolute Gasteiger partial charge is 0.250 e. The van der Waals surface area contributed by atoms with Gasteiger partial charge in [0.1, 0.15) is 4.21 Å². The van der Waals surface area contributed by atoms with Gasteiger partial charge in [-0.1, -0.05) is 6.92 Å². The molecule has 1 fully saturated rings. The average molecular weight is 318 g/mol. The Bertz CT molecular complexity index is 530. The minimum Gasteiger partial charge on any atom is -0.377 e. The van der Waals surface area contributed by atoms with Crippen LogP contribution in [0, 0.1) is 0 Å². The Morgan fingerprint density at radius 3 is 2.70 bits per heavy atom. The molecular weight excluding hydrogens is 296 g/mol. The van der Waals surface area contributed by atoms with E-state index in [-0.39, 0.29) is 5.60 Å². The second-order valence-corrected chi connectivity index (χ2v) is 8.23. The third-order valence-corrected chi connectivity index (χ3v) is 6.71. The van der Waals surface area contributed by atoms with Gasteiger partial charge in [-0.25, -0.2) is 13.1 Å². The van der Waals surface area contributed by atoms with Crippen molar-refractivity contribution in [3.63, 3.8) is 0 Å². The summed E-state index contributed by atoms with van der Waals surface area (Å²) in [6.07, 6.45) is 2.94. The summed E-state index contributed by atoms with van der Waals surface area (Å²) in [7, 11) is -1.78. The summed E-state index contributed by atoms with van der Waals surface area (Å²) in [5, 5.41) is 3.19. The van der Waals surface area contributed by atoms with Gasteiger partial charge in [0.2, 0.25) is 10.0 Å². The maximum atomic E-state index is 12.2. The van der Waals surface area contributed by atoms with Crippen LogP contribution < -0.4 is 10.0 Å². The molecule has 1 aromatic rings. The Morgan fingerprint density at radius 2 is 2.15 bits per heavy atom. The number of hydrogen-bond acceptors (Lipinski definition) is 5. The average Bonchev–Trinajstić information content (AvgIpc) is 2.85. The zero-order valence-electron chi connectivity index (χ0n) is 11.9. The highest BCUT2D eigenvalue weighted by Crippen LogP contribution is 2.34. The SMILES string of the molecule is CCNCc1ccc(S(=O)(=O)NCC2(OC)CCC2)s1. The van der Waals surface area contributed by atoms with Gasteiger partial charge in [-0.2, -0.15) is 0 Å². The quantitative estimate of drug-likeness (QED) is 0.766. The molecule has 20 heavy (non-hydrogen) atoms. The molecule has 0 spiro atoms. The van der Waals surface area contributed by atoms with Crippen LogP contribution in [-0.2, 0) is 21.3 Å². The van der Waals surface area contributed by atoms with E-state index < -0.39 is 10.0 Å². The first-order chi connectivity index (χ1) is 9.51. The van der Waals surface area contributed by atoms with E-state index in [1.165, 1.54) is 11.3 Å². The Balaban J connectivity index is 1.97. The van der Waals surface area contributed by atoms with Crippen molar-refractivity contribution >= 4 is 21.4 Å². The molecule has 0 radical (unpaired) electrons. The predicted molar refractivity (Wildman–Crippen MR) is 80.5 cm³/mol. The monoisotopic (exact) mass is 318 g/mol. The van der Waals surface area contributed by atoms with Gasteiger partial charge in [0, 0.05) is 25.1 Å². The molecule has 1 aromatic heterocycles. The molecule has 0 unspecified atom stereocenters. The molecule has 1 aliphatic carbocycles. The first-order valence-electron chi connectivity index (χ1n) is 6.85. The zero-order valence-corrected chi connectivity index (χ0v) is 13.6. The van der Waals surface area contributed by atoms with E-state index in [9.17, 15) is 8.42 Å². The Morgan fingerprint density at radius 1 is 1.40 bits per heavy atom. The van der Waals surface area contributed by atoms with E-state index in [0.29, 0.717) is 17.3 Å². The molecule has 114 valence electrons. The molecule has 5 nitrogen and oxygen atoms in total. The first kappa shape index (κ1) is 15.9. The lowest BCUT2D eigenvalue weighted by Crippen LogP contribution is -2.49. The molecule has 0 saturated heterocycles. The Kier molecular flexibility index (Phi) is 5.19. The number of methoxy groups -OCH3 is 1. The second-order valence-electron chi connectivity index (χ2n) is 5.07. The van der Waals surface area contributed by atoms with Crippen LogP contribution in [0.2, 0.25) is 0 Å². The fraction of sp³-hybridized carbons (Fsp3) is 0.692. The van der Waals surface area contributed by atoms with E-state index in [0.717, 1.165) is 30.7 Å². The van der Waals surface area contributed by atoms with Gasteiger partial charge < -0.3 is 10.1 Å². The number of hydrogen-bond donors (Lipinski definition) is 2. The predicted octanol–water partition coefficient (Wildman–Crippen LogP) is 1.70. The third kappa shape index (κ3) is 3.59. The number of ether oxygens (including phenoxy) is 1. The summed E-state index contributed by atoms with van der Waals surface area (Å²) >= 11 is 1.31. The van der Waals surface area contributed by atoms with Crippen LogP contribution in [0.5, 0.6) is 0 Å². The molecule has 1 aliphatic rings. The summed E-state index contributed by atoms with van der Waals surface area (Å²) in [5.41, 5.74) is -0.295. The van der Waals surface area contributed by atoms with Crippen molar-refractivity contribution in [2.45, 2.75) is 42.5 Å². The van der Waals surface area contributed by atoms with Crippen LogP contribution >= 0.6 is 11.3 Å². The molecule has 0 aliphatic heterocycles. The van der Waals surface area contributed by atoms with Crippen LogP contribution in [0.15, 0.2) is 16.3 Å². The van der Waals surface area contributed by atoms with Crippen molar-refractivity contribution in [2.24, 2.45) is 0 Å². The molecule has 1 saturated carbocycles. The van der Waals surface area contributed by atoms with Gasteiger partial charge in [0.25, 0.3) is 0 Å². The molecule has 0 bridgehead atoms. The van der Waals surface area contributed by atoms with Crippen LogP contribution in [0.25, 0.3) is 0 Å². The largest absolute Gasteiger partial charge is 0.377 e. The van der Waals surface area contributed by atoms with E-state index in [2.05, 4.69) is 10.0 Å². The maximum Gasteiger partial charge on any atom is 0.250 e. The number of rotatable bonds is 8. The van der Waals surface area contributed by atoms with Crippen molar-refractivity contribution < 1.29 is 13.2 Å². The molecule has 0 aromatic carbocycles. The number of thiophene rings is 1. The number of sulfonamides is 1. The summed E-state index contributed by atoms with van der Waals surface area (Å²) in [5.74, 6) is 0. The lowest BCUT2D eigenvalue weighted by atomic mass is 9.80. The van der Waals surface area contributed by atoms with Crippen LogP contribution in [0.1, 0.15) is 31.1 Å². The van der Waals surface area contributed by atoms with Gasteiger partial charge in [-0.15, -0.1) is 11.3 Å². The molecular formula is C13H22N2O3S2. The van der Waals surface area contributed by atoms with E-state index in [4.69, 9.17) is 4.74 Å². The minimum atomic E-state index is -3.42. The summed E-state index contributed by atoms with van der Waals surface area (Å²) in [6, 6.07) is 3.53. The third-order valence-electron chi connectivity index (χ3n) is 3.73. The van der Waals surface area contributed by atoms with Crippen molar-refractivity contribution in [3.05, 3.63) is 17.0 Å². The molecule has 7 heteroatoms. The van der Waals surface area contributed by atoms with Gasteiger partial charge in [-0.3, -0.25) is 0 Å². The molecule has 1 heterocycles. The fourth-order valence-electron chi connectivity index (χ4n) is 2.17. The standard InChI is InChI=1S/C13H22N2O3S2/c1-3-14-9-11-5-6-12(19-11)20(16,17)15-10-13(18-2)7-4-8-13/h5-6,14-15H,3-4,7-10H2,1-2H3. The van der Waals surface area contributed by atoms with E-state index >= 15 is 0 Å². The molecule has 0 atom stereocenters. The highest BCUT2D eigenvalue weighted by molar-refractivity contribution is 7.91. The van der Waals surface area contributed by atoms with Gasteiger partial charge in [0.15, 0.2) is 0 Å². The summed E-state index contributed by atoms with van der Waals surface area (Å²) < 4.78 is 33.0. The lowest BCUT2D eigenvalue weighted by Gasteiger charge is -2.40.